The number of nitrogens with one attached hydrogen (secondary N) is 1. The van der Waals surface area contributed by atoms with Crippen molar-refractivity contribution in [3.63, 3.8) is 0 Å². The minimum Gasteiger partial charge on any atom is -0.391 e. The second kappa shape index (κ2) is 47.0. The molecule has 0 saturated carbocycles. The summed E-state index contributed by atoms with van der Waals surface area (Å²) in [6.45, 7) is 4.16. The highest BCUT2D eigenvalue weighted by atomic mass is 31.2. The maximum Gasteiger partial charge on any atom is 0.469 e. The average Bonchev–Trinajstić information content (AvgIpc) is 3.21. The molecule has 0 aliphatic carbocycles. The third-order valence-corrected chi connectivity index (χ3v) is 13.1. The Bertz CT molecular complexity index is 884. The van der Waals surface area contributed by atoms with E-state index in [-0.39, 0.29) is 5.91 Å². The highest BCUT2D eigenvalue weighted by Crippen LogP contribution is 2.36. The molecule has 0 radical (unpaired) electrons. The zero-order chi connectivity index (χ0) is 43.2. The number of hydrogen-bond acceptors (Lipinski definition) is 4. The SMILES string of the molecule is CCCCCCCCCCCCCCCCCCCCCCCCCCCCCCCC(=O)N[C@@H](COP(=O)(O)O)[C@H](O)CCCCCCCCCCCCCCCC. The Balaban J connectivity index is 3.66. The lowest BCUT2D eigenvalue weighted by Gasteiger charge is -2.24. The molecule has 0 aromatic rings. The monoisotopic (exact) mass is 858 g/mol. The Morgan fingerprint density at radius 2 is 0.661 bits per heavy atom. The van der Waals surface area contributed by atoms with E-state index in [0.717, 1.165) is 38.5 Å². The summed E-state index contributed by atoms with van der Waals surface area (Å²) < 4.78 is 16.0. The van der Waals surface area contributed by atoms with Crippen LogP contribution in [-0.2, 0) is 13.9 Å². The quantitative estimate of drug-likeness (QED) is 0.0358. The van der Waals surface area contributed by atoms with Gasteiger partial charge in [0, 0.05) is 6.42 Å². The van der Waals surface area contributed by atoms with E-state index in [1.54, 1.807) is 0 Å². The van der Waals surface area contributed by atoms with Gasteiger partial charge in [0.25, 0.3) is 0 Å². The lowest BCUT2D eigenvalue weighted by Crippen LogP contribution is -2.46. The van der Waals surface area contributed by atoms with E-state index in [4.69, 9.17) is 4.52 Å². The number of phosphoric acid groups is 1. The van der Waals surface area contributed by atoms with Crippen LogP contribution in [0.2, 0.25) is 0 Å². The summed E-state index contributed by atoms with van der Waals surface area (Å²) in [5.74, 6) is -0.186. The number of amides is 1. The molecular weight excluding hydrogens is 754 g/mol. The number of hydrogen-bond donors (Lipinski definition) is 4. The molecule has 0 heterocycles. The molecule has 7 nitrogen and oxygen atoms in total. The third kappa shape index (κ3) is 48.4. The van der Waals surface area contributed by atoms with E-state index in [1.165, 1.54) is 238 Å². The van der Waals surface area contributed by atoms with E-state index in [1.807, 2.05) is 0 Å². The Morgan fingerprint density at radius 1 is 0.424 bits per heavy atom. The van der Waals surface area contributed by atoms with Gasteiger partial charge in [-0.15, -0.1) is 0 Å². The summed E-state index contributed by atoms with van der Waals surface area (Å²) >= 11 is 0. The maximum absolute atomic E-state index is 12.7. The van der Waals surface area contributed by atoms with Crippen LogP contribution in [0.25, 0.3) is 0 Å². The molecule has 2 atom stereocenters. The molecule has 0 bridgehead atoms. The van der Waals surface area contributed by atoms with Gasteiger partial charge in [0.2, 0.25) is 5.91 Å². The van der Waals surface area contributed by atoms with Crippen molar-refractivity contribution in [1.82, 2.24) is 5.32 Å². The summed E-state index contributed by atoms with van der Waals surface area (Å²) in [5.41, 5.74) is 0. The van der Waals surface area contributed by atoms with Gasteiger partial charge in [-0.1, -0.05) is 284 Å². The van der Waals surface area contributed by atoms with Crippen LogP contribution in [0, 0.1) is 0 Å². The van der Waals surface area contributed by atoms with Crippen molar-refractivity contribution in [2.45, 2.75) is 315 Å². The van der Waals surface area contributed by atoms with Gasteiger partial charge in [-0.05, 0) is 12.8 Å². The number of aliphatic hydroxyl groups is 1. The fourth-order valence-corrected chi connectivity index (χ4v) is 8.94. The Kier molecular flexibility index (Phi) is 46.7. The van der Waals surface area contributed by atoms with E-state index in [0.29, 0.717) is 12.8 Å². The van der Waals surface area contributed by atoms with E-state index in [9.17, 15) is 24.3 Å². The van der Waals surface area contributed by atoms with Crippen LogP contribution in [-0.4, -0.2) is 39.6 Å². The van der Waals surface area contributed by atoms with Crippen LogP contribution in [0.4, 0.5) is 0 Å². The van der Waals surface area contributed by atoms with Crippen LogP contribution >= 0.6 is 7.82 Å². The largest absolute Gasteiger partial charge is 0.469 e. The fraction of sp³-hybridized carbons (Fsp3) is 0.980. The molecule has 8 heteroatoms. The van der Waals surface area contributed by atoms with Crippen LogP contribution in [0.15, 0.2) is 0 Å². The van der Waals surface area contributed by atoms with Crippen molar-refractivity contribution in [2.75, 3.05) is 6.61 Å². The number of phosphoric ester groups is 1. The van der Waals surface area contributed by atoms with Gasteiger partial charge < -0.3 is 20.2 Å². The standard InChI is InChI=1S/C51H104NO6P/c1-3-5-7-9-11-13-15-17-19-20-21-22-23-24-25-26-27-28-29-30-31-32-33-35-37-39-41-43-45-47-51(54)52-49(48-58-59(55,56)57)50(53)46-44-42-40-38-36-34-18-16-14-12-10-8-6-4-2/h49-50,53H,3-48H2,1-2H3,(H,52,54)(H2,55,56,57)/t49-,50+/m0/s1. The third-order valence-electron chi connectivity index (χ3n) is 12.6. The second-order valence-corrected chi connectivity index (χ2v) is 19.8. The zero-order valence-corrected chi connectivity index (χ0v) is 40.6. The molecule has 0 aliphatic rings. The lowest BCUT2D eigenvalue weighted by atomic mass is 10.0. The molecular formula is C51H104NO6P. The maximum atomic E-state index is 12.7. The van der Waals surface area contributed by atoms with Gasteiger partial charge in [-0.3, -0.25) is 9.32 Å². The number of rotatable bonds is 50. The highest BCUT2D eigenvalue weighted by Gasteiger charge is 2.25. The summed E-state index contributed by atoms with van der Waals surface area (Å²) in [6, 6.07) is -0.819. The normalized spacial score (nSPS) is 13.0. The fourth-order valence-electron chi connectivity index (χ4n) is 8.59. The van der Waals surface area contributed by atoms with Crippen molar-refractivity contribution in [2.24, 2.45) is 0 Å². The van der Waals surface area contributed by atoms with Crippen molar-refractivity contribution in [3.8, 4) is 0 Å². The van der Waals surface area contributed by atoms with E-state index in [2.05, 4.69) is 19.2 Å². The van der Waals surface area contributed by atoms with Gasteiger partial charge >= 0.3 is 7.82 Å². The molecule has 59 heavy (non-hydrogen) atoms. The van der Waals surface area contributed by atoms with Crippen molar-refractivity contribution < 1.29 is 28.8 Å². The number of aliphatic hydroxyl groups excluding tert-OH is 1. The van der Waals surface area contributed by atoms with Gasteiger partial charge in [0.1, 0.15) is 0 Å². The van der Waals surface area contributed by atoms with E-state index < -0.39 is 26.6 Å². The van der Waals surface area contributed by atoms with Crippen LogP contribution in [0.1, 0.15) is 303 Å². The topological polar surface area (TPSA) is 116 Å². The molecule has 0 fully saturated rings. The van der Waals surface area contributed by atoms with Crippen molar-refractivity contribution in [3.05, 3.63) is 0 Å². The molecule has 0 rings (SSSR count). The Labute approximate surface area is 368 Å². The van der Waals surface area contributed by atoms with Gasteiger partial charge in [0.15, 0.2) is 0 Å². The first-order chi connectivity index (χ1) is 28.8. The molecule has 0 saturated heterocycles. The summed E-state index contributed by atoms with van der Waals surface area (Å²) in [7, 11) is -4.69. The second-order valence-electron chi connectivity index (χ2n) is 18.6. The van der Waals surface area contributed by atoms with Gasteiger partial charge in [-0.2, -0.15) is 0 Å². The number of carbonyl (C=O) groups is 1. The van der Waals surface area contributed by atoms with E-state index >= 15 is 0 Å². The van der Waals surface area contributed by atoms with Crippen LogP contribution in [0.5, 0.6) is 0 Å². The lowest BCUT2D eigenvalue weighted by molar-refractivity contribution is -0.123. The molecule has 0 aliphatic heterocycles. The van der Waals surface area contributed by atoms with Crippen LogP contribution < -0.4 is 5.32 Å². The summed E-state index contributed by atoms with van der Waals surface area (Å²) in [5, 5.41) is 13.6. The van der Waals surface area contributed by atoms with Gasteiger partial charge in [0.05, 0.1) is 18.8 Å². The van der Waals surface area contributed by atoms with Crippen LogP contribution in [0.3, 0.4) is 0 Å². The predicted octanol–water partition coefficient (Wildman–Crippen LogP) is 16.5. The highest BCUT2D eigenvalue weighted by molar-refractivity contribution is 7.46. The number of carbonyl (C=O) groups excluding carboxylic acids is 1. The number of unbranched alkanes of at least 4 members (excludes halogenated alkanes) is 41. The first kappa shape index (κ1) is 58.5. The smallest absolute Gasteiger partial charge is 0.391 e. The molecule has 0 unspecified atom stereocenters. The molecule has 0 spiro atoms. The average molecular weight is 858 g/mol. The minimum atomic E-state index is -4.69. The first-order valence-corrected chi connectivity index (χ1v) is 28.0. The van der Waals surface area contributed by atoms with Crippen molar-refractivity contribution >= 4 is 13.7 Å². The molecule has 0 aromatic carbocycles. The van der Waals surface area contributed by atoms with Crippen molar-refractivity contribution in [1.29, 1.82) is 0 Å². The summed E-state index contributed by atoms with van der Waals surface area (Å²) in [4.78, 5) is 31.1. The Morgan fingerprint density at radius 3 is 0.915 bits per heavy atom. The zero-order valence-electron chi connectivity index (χ0n) is 39.7. The molecule has 354 valence electrons. The minimum absolute atomic E-state index is 0.186. The first-order valence-electron chi connectivity index (χ1n) is 26.5. The predicted molar refractivity (Wildman–Crippen MR) is 255 cm³/mol. The summed E-state index contributed by atoms with van der Waals surface area (Å²) in [6.07, 6.45) is 57.0. The molecule has 0 aromatic heterocycles. The molecule has 1 amide bonds. The molecule has 4 N–H and O–H groups in total. The Hall–Kier alpha value is -0.460. The van der Waals surface area contributed by atoms with Gasteiger partial charge in [-0.25, -0.2) is 4.57 Å².